The first kappa shape index (κ1) is 12.3. The van der Waals surface area contributed by atoms with Gasteiger partial charge in [-0.1, -0.05) is 17.7 Å². The van der Waals surface area contributed by atoms with Gasteiger partial charge in [0.15, 0.2) is 0 Å². The summed E-state index contributed by atoms with van der Waals surface area (Å²) in [4.78, 5) is 6.31. The maximum Gasteiger partial charge on any atom is 0.226 e. The van der Waals surface area contributed by atoms with Crippen molar-refractivity contribution in [1.29, 1.82) is 5.26 Å². The molecule has 0 amide bonds. The van der Waals surface area contributed by atoms with E-state index in [1.54, 1.807) is 6.26 Å². The van der Waals surface area contributed by atoms with Gasteiger partial charge >= 0.3 is 0 Å². The first-order valence-corrected chi connectivity index (χ1v) is 5.76. The van der Waals surface area contributed by atoms with E-state index in [0.717, 1.165) is 11.3 Å². The highest BCUT2D eigenvalue weighted by Crippen LogP contribution is 2.19. The summed E-state index contributed by atoms with van der Waals surface area (Å²) >= 11 is 0. The molecule has 0 aliphatic carbocycles. The van der Waals surface area contributed by atoms with E-state index in [1.807, 2.05) is 43.1 Å². The number of rotatable bonds is 4. The van der Waals surface area contributed by atoms with Gasteiger partial charge in [-0.3, -0.25) is 4.90 Å². The van der Waals surface area contributed by atoms with Crippen LogP contribution in [-0.4, -0.2) is 23.5 Å². The topological polar surface area (TPSA) is 53.1 Å². The van der Waals surface area contributed by atoms with Crippen LogP contribution in [-0.2, 0) is 6.54 Å². The highest BCUT2D eigenvalue weighted by Gasteiger charge is 2.08. The zero-order chi connectivity index (χ0) is 13.0. The van der Waals surface area contributed by atoms with Crippen molar-refractivity contribution in [2.24, 2.45) is 0 Å². The highest BCUT2D eigenvalue weighted by molar-refractivity contribution is 5.54. The van der Waals surface area contributed by atoms with Crippen molar-refractivity contribution in [1.82, 2.24) is 9.88 Å². The number of nitriles is 1. The summed E-state index contributed by atoms with van der Waals surface area (Å²) in [5, 5.41) is 8.59. The lowest BCUT2D eigenvalue weighted by Crippen LogP contribution is -2.17. The third-order valence-corrected chi connectivity index (χ3v) is 2.59. The smallest absolute Gasteiger partial charge is 0.226 e. The Bertz CT molecular complexity index is 568. The average Bonchev–Trinajstić information content (AvgIpc) is 2.78. The zero-order valence-corrected chi connectivity index (χ0v) is 10.6. The summed E-state index contributed by atoms with van der Waals surface area (Å²) in [6, 6.07) is 10.1. The number of nitrogens with zero attached hydrogens (tertiary/aromatic N) is 3. The van der Waals surface area contributed by atoms with Crippen molar-refractivity contribution in [2.45, 2.75) is 13.5 Å². The quantitative estimate of drug-likeness (QED) is 0.772. The zero-order valence-electron chi connectivity index (χ0n) is 10.6. The van der Waals surface area contributed by atoms with E-state index in [9.17, 15) is 0 Å². The Morgan fingerprint density at radius 1 is 1.44 bits per heavy atom. The minimum Gasteiger partial charge on any atom is -0.444 e. The molecule has 1 aromatic heterocycles. The Balaban J connectivity index is 2.13. The fraction of sp³-hybridized carbons (Fsp3) is 0.286. The molecule has 0 spiro atoms. The number of hydrogen-bond donors (Lipinski definition) is 0. The van der Waals surface area contributed by atoms with Crippen LogP contribution < -0.4 is 0 Å². The molecule has 0 aliphatic rings. The van der Waals surface area contributed by atoms with Crippen LogP contribution in [0.25, 0.3) is 11.5 Å². The summed E-state index contributed by atoms with van der Waals surface area (Å²) in [7, 11) is 1.88. The molecule has 2 aromatic rings. The van der Waals surface area contributed by atoms with Gasteiger partial charge in [0.2, 0.25) is 5.89 Å². The number of aromatic nitrogens is 1. The molecule has 0 fully saturated rings. The maximum absolute atomic E-state index is 8.59. The molecule has 0 saturated heterocycles. The summed E-state index contributed by atoms with van der Waals surface area (Å²) in [6.45, 7) is 3.03. The molecular formula is C14H15N3O. The predicted octanol–water partition coefficient (Wildman–Crippen LogP) is 2.61. The molecule has 92 valence electrons. The number of benzene rings is 1. The van der Waals surface area contributed by atoms with E-state index < -0.39 is 0 Å². The molecule has 4 nitrogen and oxygen atoms in total. The van der Waals surface area contributed by atoms with Crippen LogP contribution >= 0.6 is 0 Å². The molecule has 0 N–H and O–H groups in total. The molecule has 0 radical (unpaired) electrons. The average molecular weight is 241 g/mol. The molecular weight excluding hydrogens is 226 g/mol. The Morgan fingerprint density at radius 3 is 3.00 bits per heavy atom. The molecule has 0 unspecified atom stereocenters. The van der Waals surface area contributed by atoms with Crippen molar-refractivity contribution in [3.8, 4) is 17.5 Å². The van der Waals surface area contributed by atoms with Gasteiger partial charge < -0.3 is 4.42 Å². The van der Waals surface area contributed by atoms with Crippen molar-refractivity contribution in [3.63, 3.8) is 0 Å². The van der Waals surface area contributed by atoms with Gasteiger partial charge in [0.1, 0.15) is 6.26 Å². The fourth-order valence-electron chi connectivity index (χ4n) is 1.74. The van der Waals surface area contributed by atoms with Crippen LogP contribution in [0.15, 0.2) is 34.9 Å². The monoisotopic (exact) mass is 241 g/mol. The summed E-state index contributed by atoms with van der Waals surface area (Å²) < 4.78 is 5.46. The standard InChI is InChI=1S/C14H15N3O/c1-11-4-3-5-12(8-11)14-16-13(10-18-14)9-17(2)7-6-15/h3-5,8,10H,7,9H2,1-2H3. The molecule has 2 rings (SSSR count). The van der Waals surface area contributed by atoms with Crippen LogP contribution in [0.2, 0.25) is 0 Å². The van der Waals surface area contributed by atoms with Crippen LogP contribution in [0.4, 0.5) is 0 Å². The lowest BCUT2D eigenvalue weighted by Gasteiger charge is -2.08. The SMILES string of the molecule is Cc1cccc(-c2nc(CN(C)CC#N)co2)c1. The maximum atomic E-state index is 8.59. The van der Waals surface area contributed by atoms with E-state index in [-0.39, 0.29) is 0 Å². The van der Waals surface area contributed by atoms with Crippen LogP contribution in [0.5, 0.6) is 0 Å². The first-order chi connectivity index (χ1) is 8.69. The second kappa shape index (κ2) is 5.48. The Morgan fingerprint density at radius 2 is 2.28 bits per heavy atom. The van der Waals surface area contributed by atoms with Gasteiger partial charge in [-0.2, -0.15) is 5.26 Å². The Labute approximate surface area is 106 Å². The van der Waals surface area contributed by atoms with E-state index >= 15 is 0 Å². The molecule has 0 atom stereocenters. The van der Waals surface area contributed by atoms with Crippen LogP contribution in [0.3, 0.4) is 0 Å². The van der Waals surface area contributed by atoms with Gasteiger partial charge in [0.05, 0.1) is 18.3 Å². The summed E-state index contributed by atoms with van der Waals surface area (Å²) in [5.74, 6) is 0.624. The molecule has 0 aliphatic heterocycles. The Hall–Kier alpha value is -2.12. The first-order valence-electron chi connectivity index (χ1n) is 5.76. The van der Waals surface area contributed by atoms with Crippen molar-refractivity contribution in [3.05, 3.63) is 41.8 Å². The lowest BCUT2D eigenvalue weighted by atomic mass is 10.1. The van der Waals surface area contributed by atoms with Crippen LogP contribution in [0.1, 0.15) is 11.3 Å². The Kier molecular flexibility index (Phi) is 3.75. The van der Waals surface area contributed by atoms with Crippen LogP contribution in [0, 0.1) is 18.3 Å². The minimum atomic E-state index is 0.382. The van der Waals surface area contributed by atoms with E-state index in [2.05, 4.69) is 11.1 Å². The molecule has 0 saturated carbocycles. The normalized spacial score (nSPS) is 10.6. The van der Waals surface area contributed by atoms with Gasteiger partial charge in [-0.15, -0.1) is 0 Å². The third-order valence-electron chi connectivity index (χ3n) is 2.59. The van der Waals surface area contributed by atoms with Crippen molar-refractivity contribution in [2.75, 3.05) is 13.6 Å². The molecule has 1 heterocycles. The summed E-state index contributed by atoms with van der Waals surface area (Å²) in [5.41, 5.74) is 2.99. The van der Waals surface area contributed by atoms with E-state index in [0.29, 0.717) is 19.0 Å². The molecule has 18 heavy (non-hydrogen) atoms. The highest BCUT2D eigenvalue weighted by atomic mass is 16.3. The lowest BCUT2D eigenvalue weighted by molar-refractivity contribution is 0.362. The minimum absolute atomic E-state index is 0.382. The number of hydrogen-bond acceptors (Lipinski definition) is 4. The number of aryl methyl sites for hydroxylation is 1. The van der Waals surface area contributed by atoms with Gasteiger partial charge in [0.25, 0.3) is 0 Å². The van der Waals surface area contributed by atoms with Gasteiger partial charge in [-0.05, 0) is 26.1 Å². The second-order valence-corrected chi connectivity index (χ2v) is 4.34. The largest absolute Gasteiger partial charge is 0.444 e. The number of oxazole rings is 1. The summed E-state index contributed by atoms with van der Waals surface area (Å²) in [6.07, 6.45) is 1.64. The fourth-order valence-corrected chi connectivity index (χ4v) is 1.74. The molecule has 4 heteroatoms. The van der Waals surface area contributed by atoms with E-state index in [1.165, 1.54) is 5.56 Å². The predicted molar refractivity (Wildman–Crippen MR) is 68.6 cm³/mol. The third kappa shape index (κ3) is 2.96. The molecule has 1 aromatic carbocycles. The second-order valence-electron chi connectivity index (χ2n) is 4.34. The molecule has 0 bridgehead atoms. The van der Waals surface area contributed by atoms with Gasteiger partial charge in [0, 0.05) is 12.1 Å². The van der Waals surface area contributed by atoms with Gasteiger partial charge in [-0.25, -0.2) is 4.98 Å². The van der Waals surface area contributed by atoms with E-state index in [4.69, 9.17) is 9.68 Å². The van der Waals surface area contributed by atoms with Crippen molar-refractivity contribution < 1.29 is 4.42 Å². The van der Waals surface area contributed by atoms with Crippen molar-refractivity contribution >= 4 is 0 Å².